The van der Waals surface area contributed by atoms with E-state index < -0.39 is 6.04 Å². The van der Waals surface area contributed by atoms with Gasteiger partial charge >= 0.3 is 0 Å². The van der Waals surface area contributed by atoms with Crippen molar-refractivity contribution in [3.05, 3.63) is 30.2 Å². The first-order valence-corrected chi connectivity index (χ1v) is 6.41. The zero-order valence-electron chi connectivity index (χ0n) is 11.2. The van der Waals surface area contributed by atoms with E-state index in [9.17, 15) is 4.79 Å². The standard InChI is InChI=1S/C13H19N5O/c1-9(2)12(14)13(19)15-7-6-11-17-16-10-5-3-4-8-18(10)11/h3-5,8-9,12H,6-7,14H2,1-2H3,(H,15,19)/t12-/m0/s1. The van der Waals surface area contributed by atoms with E-state index >= 15 is 0 Å². The Hall–Kier alpha value is -1.95. The van der Waals surface area contributed by atoms with E-state index in [1.165, 1.54) is 0 Å². The molecule has 0 spiro atoms. The molecule has 0 unspecified atom stereocenters. The highest BCUT2D eigenvalue weighted by Crippen LogP contribution is 2.03. The fraction of sp³-hybridized carbons (Fsp3) is 0.462. The highest BCUT2D eigenvalue weighted by molar-refractivity contribution is 5.81. The Kier molecular flexibility index (Phi) is 4.11. The second kappa shape index (κ2) is 5.79. The molecule has 1 atom stereocenters. The summed E-state index contributed by atoms with van der Waals surface area (Å²) in [7, 11) is 0. The van der Waals surface area contributed by atoms with Gasteiger partial charge in [-0.15, -0.1) is 10.2 Å². The quantitative estimate of drug-likeness (QED) is 0.814. The molecular weight excluding hydrogens is 242 g/mol. The third-order valence-corrected chi connectivity index (χ3v) is 3.05. The molecule has 6 nitrogen and oxygen atoms in total. The van der Waals surface area contributed by atoms with Gasteiger partial charge in [0.1, 0.15) is 5.82 Å². The lowest BCUT2D eigenvalue weighted by Crippen LogP contribution is -2.44. The molecule has 1 amide bonds. The highest BCUT2D eigenvalue weighted by Gasteiger charge is 2.16. The third-order valence-electron chi connectivity index (χ3n) is 3.05. The number of fused-ring (bicyclic) bond motifs is 1. The maximum absolute atomic E-state index is 11.7. The molecule has 102 valence electrons. The van der Waals surface area contributed by atoms with Crippen molar-refractivity contribution in [1.29, 1.82) is 0 Å². The molecule has 2 aromatic heterocycles. The Morgan fingerprint density at radius 3 is 2.95 bits per heavy atom. The van der Waals surface area contributed by atoms with Crippen LogP contribution in [0.5, 0.6) is 0 Å². The number of amides is 1. The Labute approximate surface area is 112 Å². The molecule has 2 heterocycles. The molecular formula is C13H19N5O. The molecule has 0 fully saturated rings. The maximum atomic E-state index is 11.7. The van der Waals surface area contributed by atoms with Gasteiger partial charge in [0.25, 0.3) is 0 Å². The summed E-state index contributed by atoms with van der Waals surface area (Å²) >= 11 is 0. The fourth-order valence-corrected chi connectivity index (χ4v) is 1.78. The van der Waals surface area contributed by atoms with Crippen LogP contribution in [0.15, 0.2) is 24.4 Å². The normalized spacial score (nSPS) is 12.8. The summed E-state index contributed by atoms with van der Waals surface area (Å²) in [5.74, 6) is 0.840. The van der Waals surface area contributed by atoms with Crippen molar-refractivity contribution in [2.45, 2.75) is 26.3 Å². The third kappa shape index (κ3) is 3.08. The predicted octanol–water partition coefficient (Wildman–Crippen LogP) is 0.371. The summed E-state index contributed by atoms with van der Waals surface area (Å²) in [6.07, 6.45) is 2.54. The molecule has 0 saturated heterocycles. The lowest BCUT2D eigenvalue weighted by Gasteiger charge is -2.14. The zero-order valence-corrected chi connectivity index (χ0v) is 11.2. The molecule has 0 aliphatic heterocycles. The zero-order chi connectivity index (χ0) is 13.8. The number of pyridine rings is 1. The Balaban J connectivity index is 1.91. The molecule has 2 rings (SSSR count). The summed E-state index contributed by atoms with van der Waals surface area (Å²) in [5, 5.41) is 11.0. The first-order valence-electron chi connectivity index (χ1n) is 6.41. The highest BCUT2D eigenvalue weighted by atomic mass is 16.2. The van der Waals surface area contributed by atoms with Crippen LogP contribution in [-0.4, -0.2) is 33.1 Å². The number of nitrogens with one attached hydrogen (secondary N) is 1. The van der Waals surface area contributed by atoms with Gasteiger partial charge < -0.3 is 11.1 Å². The van der Waals surface area contributed by atoms with Crippen LogP contribution in [0, 0.1) is 5.92 Å². The summed E-state index contributed by atoms with van der Waals surface area (Å²) in [6, 6.07) is 5.27. The van der Waals surface area contributed by atoms with Crippen LogP contribution >= 0.6 is 0 Å². The minimum atomic E-state index is -0.463. The van der Waals surface area contributed by atoms with Crippen molar-refractivity contribution in [2.75, 3.05) is 6.54 Å². The van der Waals surface area contributed by atoms with Gasteiger partial charge in [0.15, 0.2) is 5.65 Å². The first-order chi connectivity index (χ1) is 9.09. The molecule has 6 heteroatoms. The molecule has 0 bridgehead atoms. The SMILES string of the molecule is CC(C)[C@H](N)C(=O)NCCc1nnc2ccccn12. The number of hydrogen-bond acceptors (Lipinski definition) is 4. The van der Waals surface area contributed by atoms with E-state index in [0.717, 1.165) is 11.5 Å². The van der Waals surface area contributed by atoms with Crippen LogP contribution in [0.4, 0.5) is 0 Å². The second-order valence-electron chi connectivity index (χ2n) is 4.86. The van der Waals surface area contributed by atoms with Gasteiger partial charge in [-0.3, -0.25) is 9.20 Å². The summed E-state index contributed by atoms with van der Waals surface area (Å²) in [6.45, 7) is 4.36. The second-order valence-corrected chi connectivity index (χ2v) is 4.86. The average Bonchev–Trinajstić information content (AvgIpc) is 2.81. The number of aromatic nitrogens is 3. The molecule has 3 N–H and O–H groups in total. The number of carbonyl (C=O) groups excluding carboxylic acids is 1. The lowest BCUT2D eigenvalue weighted by molar-refractivity contribution is -0.123. The van der Waals surface area contributed by atoms with E-state index in [1.54, 1.807) is 0 Å². The van der Waals surface area contributed by atoms with E-state index in [2.05, 4.69) is 15.5 Å². The average molecular weight is 261 g/mol. The van der Waals surface area contributed by atoms with Crippen LogP contribution < -0.4 is 11.1 Å². The lowest BCUT2D eigenvalue weighted by atomic mass is 10.1. The fourth-order valence-electron chi connectivity index (χ4n) is 1.78. The maximum Gasteiger partial charge on any atom is 0.237 e. The monoisotopic (exact) mass is 261 g/mol. The van der Waals surface area contributed by atoms with Crippen molar-refractivity contribution in [3.8, 4) is 0 Å². The number of hydrogen-bond donors (Lipinski definition) is 2. The molecule has 19 heavy (non-hydrogen) atoms. The Bertz CT molecular complexity index is 563. The van der Waals surface area contributed by atoms with Crippen LogP contribution in [0.3, 0.4) is 0 Å². The van der Waals surface area contributed by atoms with Gasteiger partial charge in [-0.25, -0.2) is 0 Å². The molecule has 2 aromatic rings. The van der Waals surface area contributed by atoms with Crippen LogP contribution in [0.25, 0.3) is 5.65 Å². The summed E-state index contributed by atoms with van der Waals surface area (Å²) in [5.41, 5.74) is 6.57. The van der Waals surface area contributed by atoms with Crippen LogP contribution in [0.2, 0.25) is 0 Å². The predicted molar refractivity (Wildman–Crippen MR) is 72.5 cm³/mol. The number of nitrogens with two attached hydrogens (primary N) is 1. The van der Waals surface area contributed by atoms with Gasteiger partial charge in [-0.2, -0.15) is 0 Å². The Morgan fingerprint density at radius 1 is 1.42 bits per heavy atom. The largest absolute Gasteiger partial charge is 0.354 e. The van der Waals surface area contributed by atoms with E-state index in [0.29, 0.717) is 13.0 Å². The van der Waals surface area contributed by atoms with Crippen LogP contribution in [-0.2, 0) is 11.2 Å². The Morgan fingerprint density at radius 2 is 2.21 bits per heavy atom. The number of carbonyl (C=O) groups is 1. The molecule has 0 aromatic carbocycles. The summed E-state index contributed by atoms with van der Waals surface area (Å²) < 4.78 is 1.91. The number of nitrogens with zero attached hydrogens (tertiary/aromatic N) is 3. The summed E-state index contributed by atoms with van der Waals surface area (Å²) in [4.78, 5) is 11.7. The van der Waals surface area contributed by atoms with Crippen molar-refractivity contribution in [2.24, 2.45) is 11.7 Å². The topological polar surface area (TPSA) is 85.3 Å². The molecule has 0 aliphatic rings. The van der Waals surface area contributed by atoms with Gasteiger partial charge in [0.05, 0.1) is 6.04 Å². The minimum absolute atomic E-state index is 0.121. The van der Waals surface area contributed by atoms with E-state index in [-0.39, 0.29) is 11.8 Å². The van der Waals surface area contributed by atoms with Gasteiger partial charge in [-0.1, -0.05) is 19.9 Å². The molecule has 0 aliphatic carbocycles. The van der Waals surface area contributed by atoms with Gasteiger partial charge in [0.2, 0.25) is 5.91 Å². The van der Waals surface area contributed by atoms with E-state index in [4.69, 9.17) is 5.73 Å². The van der Waals surface area contributed by atoms with Crippen molar-refractivity contribution >= 4 is 11.6 Å². The van der Waals surface area contributed by atoms with E-state index in [1.807, 2.05) is 42.6 Å². The molecule has 0 saturated carbocycles. The van der Waals surface area contributed by atoms with Gasteiger partial charge in [-0.05, 0) is 18.1 Å². The van der Waals surface area contributed by atoms with Crippen molar-refractivity contribution in [3.63, 3.8) is 0 Å². The number of rotatable bonds is 5. The van der Waals surface area contributed by atoms with Crippen molar-refractivity contribution < 1.29 is 4.79 Å². The van der Waals surface area contributed by atoms with Gasteiger partial charge in [0, 0.05) is 19.2 Å². The minimum Gasteiger partial charge on any atom is -0.354 e. The van der Waals surface area contributed by atoms with Crippen molar-refractivity contribution in [1.82, 2.24) is 19.9 Å². The van der Waals surface area contributed by atoms with Crippen LogP contribution in [0.1, 0.15) is 19.7 Å². The smallest absolute Gasteiger partial charge is 0.237 e. The molecule has 0 radical (unpaired) electrons. The first kappa shape index (κ1) is 13.5.